The van der Waals surface area contributed by atoms with Crippen molar-refractivity contribution in [1.29, 1.82) is 0 Å². The normalized spacial score (nSPS) is 17.2. The Morgan fingerprint density at radius 3 is 2.65 bits per heavy atom. The molecule has 0 spiro atoms. The molecule has 0 aromatic rings. The molecule has 0 heterocycles. The average molecular weight is 259 g/mol. The van der Waals surface area contributed by atoms with Gasteiger partial charge >= 0.3 is 0 Å². The Hall–Kier alpha value is -0.220. The Balaban J connectivity index is 1.94. The second-order valence-electron chi connectivity index (χ2n) is 5.48. The predicted octanol–water partition coefficient (Wildman–Crippen LogP) is 2.27. The minimum atomic E-state index is 0.143. The molecule has 1 amide bonds. The predicted molar refractivity (Wildman–Crippen MR) is 73.4 cm³/mol. The van der Waals surface area contributed by atoms with Gasteiger partial charge in [0.2, 0.25) is 5.91 Å². The summed E-state index contributed by atoms with van der Waals surface area (Å²) in [7, 11) is 0. The Morgan fingerprint density at radius 2 is 2.12 bits per heavy atom. The van der Waals surface area contributed by atoms with Crippen molar-refractivity contribution in [3.05, 3.63) is 0 Å². The van der Waals surface area contributed by atoms with Gasteiger partial charge in [0.1, 0.15) is 0 Å². The van der Waals surface area contributed by atoms with Crippen LogP contribution in [0.15, 0.2) is 0 Å². The molecule has 1 fully saturated rings. The minimum Gasteiger partial charge on any atom is -0.380 e. The van der Waals surface area contributed by atoms with Crippen molar-refractivity contribution in [3.8, 4) is 0 Å². The van der Waals surface area contributed by atoms with Crippen molar-refractivity contribution >= 4 is 18.5 Å². The van der Waals surface area contributed by atoms with E-state index < -0.39 is 0 Å². The molecule has 1 rings (SSSR count). The average Bonchev–Trinajstić information content (AvgIpc) is 3.03. The maximum Gasteiger partial charge on any atom is 0.220 e. The molecule has 3 nitrogen and oxygen atoms in total. The van der Waals surface area contributed by atoms with Crippen LogP contribution in [-0.2, 0) is 9.53 Å². The first-order valence-electron chi connectivity index (χ1n) is 6.53. The standard InChI is InChI=1S/C13H25NO2S/c1-11(2)3-7-16-8-6-14-12(15)9-13(10-17)4-5-13/h11,17H,3-10H2,1-2H3,(H,14,15). The van der Waals surface area contributed by atoms with E-state index in [1.165, 1.54) is 0 Å². The fourth-order valence-electron chi connectivity index (χ4n) is 1.65. The van der Waals surface area contributed by atoms with Gasteiger partial charge in [0.25, 0.3) is 0 Å². The van der Waals surface area contributed by atoms with E-state index in [-0.39, 0.29) is 11.3 Å². The number of hydrogen-bond donors (Lipinski definition) is 2. The number of ether oxygens (including phenoxy) is 1. The zero-order chi connectivity index (χ0) is 12.7. The van der Waals surface area contributed by atoms with Crippen molar-refractivity contribution in [2.45, 2.75) is 39.5 Å². The van der Waals surface area contributed by atoms with Crippen molar-refractivity contribution in [2.24, 2.45) is 11.3 Å². The molecular formula is C13H25NO2S. The Morgan fingerprint density at radius 1 is 1.41 bits per heavy atom. The van der Waals surface area contributed by atoms with Crippen molar-refractivity contribution < 1.29 is 9.53 Å². The molecule has 17 heavy (non-hydrogen) atoms. The van der Waals surface area contributed by atoms with Crippen LogP contribution < -0.4 is 5.32 Å². The lowest BCUT2D eigenvalue weighted by atomic mass is 10.1. The molecule has 0 bridgehead atoms. The van der Waals surface area contributed by atoms with Crippen LogP contribution in [0.3, 0.4) is 0 Å². The highest BCUT2D eigenvalue weighted by Gasteiger charge is 2.42. The molecule has 0 atom stereocenters. The summed E-state index contributed by atoms with van der Waals surface area (Å²) in [5.74, 6) is 1.64. The van der Waals surface area contributed by atoms with Crippen LogP contribution in [0.4, 0.5) is 0 Å². The van der Waals surface area contributed by atoms with Crippen LogP contribution in [0, 0.1) is 11.3 Å². The third-order valence-electron chi connectivity index (χ3n) is 3.24. The van der Waals surface area contributed by atoms with Crippen LogP contribution in [0.5, 0.6) is 0 Å². The van der Waals surface area contributed by atoms with E-state index in [9.17, 15) is 4.79 Å². The van der Waals surface area contributed by atoms with Crippen LogP contribution in [0.1, 0.15) is 39.5 Å². The van der Waals surface area contributed by atoms with E-state index in [1.807, 2.05) is 0 Å². The smallest absolute Gasteiger partial charge is 0.220 e. The second kappa shape index (κ2) is 7.27. The molecule has 0 radical (unpaired) electrons. The van der Waals surface area contributed by atoms with Gasteiger partial charge in [-0.1, -0.05) is 13.8 Å². The Kier molecular flexibility index (Phi) is 6.34. The van der Waals surface area contributed by atoms with Gasteiger partial charge in [-0.05, 0) is 36.3 Å². The van der Waals surface area contributed by atoms with Crippen LogP contribution in [-0.4, -0.2) is 31.4 Å². The van der Waals surface area contributed by atoms with E-state index >= 15 is 0 Å². The minimum absolute atomic E-state index is 0.143. The monoisotopic (exact) mass is 259 g/mol. The number of rotatable bonds is 9. The van der Waals surface area contributed by atoms with E-state index in [0.717, 1.165) is 31.6 Å². The van der Waals surface area contributed by atoms with Crippen LogP contribution in [0.25, 0.3) is 0 Å². The number of hydrogen-bond acceptors (Lipinski definition) is 3. The van der Waals surface area contributed by atoms with E-state index in [2.05, 4.69) is 31.8 Å². The van der Waals surface area contributed by atoms with Gasteiger partial charge in [-0.15, -0.1) is 0 Å². The molecule has 1 N–H and O–H groups in total. The molecule has 0 unspecified atom stereocenters. The van der Waals surface area contributed by atoms with E-state index in [4.69, 9.17) is 4.74 Å². The van der Waals surface area contributed by atoms with Gasteiger partial charge in [-0.3, -0.25) is 4.79 Å². The largest absolute Gasteiger partial charge is 0.380 e. The van der Waals surface area contributed by atoms with Crippen LogP contribution in [0.2, 0.25) is 0 Å². The zero-order valence-corrected chi connectivity index (χ0v) is 11.9. The SMILES string of the molecule is CC(C)CCOCCNC(=O)CC1(CS)CC1. The number of carbonyl (C=O) groups is 1. The molecule has 1 saturated carbocycles. The van der Waals surface area contributed by atoms with Gasteiger partial charge in [-0.25, -0.2) is 0 Å². The Bertz CT molecular complexity index is 240. The van der Waals surface area contributed by atoms with E-state index in [0.29, 0.717) is 25.5 Å². The molecule has 0 aromatic carbocycles. The second-order valence-corrected chi connectivity index (χ2v) is 5.80. The molecule has 0 aliphatic heterocycles. The van der Waals surface area contributed by atoms with Crippen molar-refractivity contribution in [3.63, 3.8) is 0 Å². The summed E-state index contributed by atoms with van der Waals surface area (Å²) in [5.41, 5.74) is 0.214. The number of nitrogens with one attached hydrogen (secondary N) is 1. The Labute approximate surface area is 110 Å². The lowest BCUT2D eigenvalue weighted by Crippen LogP contribution is -2.29. The molecule has 0 saturated heterocycles. The first-order chi connectivity index (χ1) is 8.08. The summed E-state index contributed by atoms with van der Waals surface area (Å²) >= 11 is 4.29. The maximum atomic E-state index is 11.6. The fourth-order valence-corrected chi connectivity index (χ4v) is 2.08. The highest BCUT2D eigenvalue weighted by molar-refractivity contribution is 7.80. The third-order valence-corrected chi connectivity index (χ3v) is 3.91. The van der Waals surface area contributed by atoms with Gasteiger partial charge in [0.15, 0.2) is 0 Å². The summed E-state index contributed by atoms with van der Waals surface area (Å²) in [6.07, 6.45) is 4.00. The molecule has 100 valence electrons. The molecule has 0 aromatic heterocycles. The summed E-state index contributed by atoms with van der Waals surface area (Å²) in [6, 6.07) is 0. The number of carbonyl (C=O) groups excluding carboxylic acids is 1. The highest BCUT2D eigenvalue weighted by Crippen LogP contribution is 2.49. The topological polar surface area (TPSA) is 38.3 Å². The van der Waals surface area contributed by atoms with Crippen molar-refractivity contribution in [2.75, 3.05) is 25.5 Å². The van der Waals surface area contributed by atoms with Gasteiger partial charge in [0.05, 0.1) is 6.61 Å². The van der Waals surface area contributed by atoms with Gasteiger partial charge in [-0.2, -0.15) is 12.6 Å². The van der Waals surface area contributed by atoms with E-state index in [1.54, 1.807) is 0 Å². The van der Waals surface area contributed by atoms with Crippen LogP contribution >= 0.6 is 12.6 Å². The highest BCUT2D eigenvalue weighted by atomic mass is 32.1. The van der Waals surface area contributed by atoms with Crippen molar-refractivity contribution in [1.82, 2.24) is 5.32 Å². The molecule has 1 aliphatic carbocycles. The first-order valence-corrected chi connectivity index (χ1v) is 7.16. The quantitative estimate of drug-likeness (QED) is 0.492. The third kappa shape index (κ3) is 6.32. The summed E-state index contributed by atoms with van der Waals surface area (Å²) in [6.45, 7) is 6.38. The summed E-state index contributed by atoms with van der Waals surface area (Å²) < 4.78 is 5.44. The summed E-state index contributed by atoms with van der Waals surface area (Å²) in [4.78, 5) is 11.6. The molecule has 4 heteroatoms. The fraction of sp³-hybridized carbons (Fsp3) is 0.923. The lowest BCUT2D eigenvalue weighted by molar-refractivity contribution is -0.122. The number of amides is 1. The number of thiol groups is 1. The summed E-state index contributed by atoms with van der Waals surface area (Å²) in [5, 5.41) is 2.90. The molecular weight excluding hydrogens is 234 g/mol. The van der Waals surface area contributed by atoms with Gasteiger partial charge < -0.3 is 10.1 Å². The maximum absolute atomic E-state index is 11.6. The first kappa shape index (κ1) is 14.8. The lowest BCUT2D eigenvalue weighted by Gasteiger charge is -2.12. The van der Waals surface area contributed by atoms with Gasteiger partial charge in [0, 0.05) is 19.6 Å². The molecule has 1 aliphatic rings. The zero-order valence-electron chi connectivity index (χ0n) is 11.0.